The predicted molar refractivity (Wildman–Crippen MR) is 111 cm³/mol. The second kappa shape index (κ2) is 10.1. The molecule has 1 saturated heterocycles. The van der Waals surface area contributed by atoms with E-state index in [4.69, 9.17) is 11.6 Å². The third kappa shape index (κ3) is 6.08. The van der Waals surface area contributed by atoms with Gasteiger partial charge < -0.3 is 10.2 Å². The molecule has 1 aromatic heterocycles. The number of piperazine rings is 1. The third-order valence-corrected chi connectivity index (χ3v) is 4.97. The summed E-state index contributed by atoms with van der Waals surface area (Å²) in [4.78, 5) is 20.6. The molecule has 1 fully saturated rings. The number of nitrogens with zero attached hydrogens (tertiary/aromatic N) is 3. The first-order valence-electron chi connectivity index (χ1n) is 9.30. The summed E-state index contributed by atoms with van der Waals surface area (Å²) in [7, 11) is 0. The Morgan fingerprint density at radius 2 is 1.85 bits per heavy atom. The van der Waals surface area contributed by atoms with E-state index in [1.165, 1.54) is 0 Å². The van der Waals surface area contributed by atoms with Gasteiger partial charge in [0.15, 0.2) is 0 Å². The zero-order valence-corrected chi connectivity index (χ0v) is 16.1. The van der Waals surface area contributed by atoms with E-state index >= 15 is 0 Å². The minimum atomic E-state index is -0.0599. The second-order valence-electron chi connectivity index (χ2n) is 6.54. The lowest BCUT2D eigenvalue weighted by Crippen LogP contribution is -2.47. The van der Waals surface area contributed by atoms with Crippen molar-refractivity contribution in [2.24, 2.45) is 0 Å². The van der Waals surface area contributed by atoms with Gasteiger partial charge in [0.2, 0.25) is 5.91 Å². The molecule has 1 aliphatic rings. The lowest BCUT2D eigenvalue weighted by atomic mass is 10.2. The van der Waals surface area contributed by atoms with E-state index in [9.17, 15) is 4.79 Å². The van der Waals surface area contributed by atoms with Crippen molar-refractivity contribution in [2.45, 2.75) is 6.42 Å². The molecule has 1 aromatic carbocycles. The molecular weight excluding hydrogens is 360 g/mol. The molecule has 0 unspecified atom stereocenters. The number of amides is 1. The molecule has 27 heavy (non-hydrogen) atoms. The Hall–Kier alpha value is -2.37. The van der Waals surface area contributed by atoms with Gasteiger partial charge in [-0.1, -0.05) is 23.7 Å². The number of carbonyl (C=O) groups excluding carboxylic acids is 1. The van der Waals surface area contributed by atoms with Crippen LogP contribution < -0.4 is 10.2 Å². The number of pyridine rings is 1. The van der Waals surface area contributed by atoms with Crippen molar-refractivity contribution < 1.29 is 4.79 Å². The zero-order chi connectivity index (χ0) is 18.9. The molecule has 1 aliphatic heterocycles. The Labute approximate surface area is 165 Å². The van der Waals surface area contributed by atoms with Crippen LogP contribution in [0.2, 0.25) is 5.02 Å². The second-order valence-corrected chi connectivity index (χ2v) is 6.95. The zero-order valence-electron chi connectivity index (χ0n) is 15.4. The van der Waals surface area contributed by atoms with Crippen LogP contribution in [0, 0.1) is 0 Å². The molecule has 0 atom stereocenters. The van der Waals surface area contributed by atoms with E-state index in [1.807, 2.05) is 30.3 Å². The van der Waals surface area contributed by atoms with Crippen molar-refractivity contribution in [2.75, 3.05) is 44.2 Å². The molecular formula is C21H25ClN4O. The highest BCUT2D eigenvalue weighted by atomic mass is 35.5. The van der Waals surface area contributed by atoms with Crippen molar-refractivity contribution >= 4 is 29.3 Å². The summed E-state index contributed by atoms with van der Waals surface area (Å²) in [5, 5.41) is 3.75. The Balaban J connectivity index is 1.32. The molecule has 1 amide bonds. The van der Waals surface area contributed by atoms with Gasteiger partial charge in [-0.3, -0.25) is 14.7 Å². The Kier molecular flexibility index (Phi) is 7.25. The van der Waals surface area contributed by atoms with Crippen molar-refractivity contribution in [1.82, 2.24) is 15.2 Å². The minimum absolute atomic E-state index is 0.0599. The first kappa shape index (κ1) is 19.4. The Morgan fingerprint density at radius 1 is 1.11 bits per heavy atom. The van der Waals surface area contributed by atoms with Crippen LogP contribution in [0.3, 0.4) is 0 Å². The standard InChI is InChI=1S/C21H25ClN4O/c22-19-4-1-2-5-20(19)26-16-14-25(15-17-26)13-3-10-24-21(27)7-6-18-8-11-23-12-9-18/h1-2,4-9,11-12H,3,10,13-17H2,(H,24,27)/b7-6-. The molecule has 0 radical (unpaired) electrons. The van der Waals surface area contributed by atoms with Crippen LogP contribution in [0.5, 0.6) is 0 Å². The van der Waals surface area contributed by atoms with Crippen LogP contribution in [0.25, 0.3) is 6.08 Å². The summed E-state index contributed by atoms with van der Waals surface area (Å²) >= 11 is 6.29. The van der Waals surface area contributed by atoms with Gasteiger partial charge in [0.1, 0.15) is 0 Å². The number of rotatable bonds is 7. The highest BCUT2D eigenvalue weighted by Crippen LogP contribution is 2.25. The van der Waals surface area contributed by atoms with Gasteiger partial charge in [0, 0.05) is 51.2 Å². The molecule has 142 valence electrons. The van der Waals surface area contributed by atoms with Gasteiger partial charge in [0.05, 0.1) is 10.7 Å². The number of halogens is 1. The first-order chi connectivity index (χ1) is 13.2. The van der Waals surface area contributed by atoms with Crippen LogP contribution in [-0.2, 0) is 4.79 Å². The maximum atomic E-state index is 11.9. The SMILES string of the molecule is O=C(/C=C\c1ccncc1)NCCCN1CCN(c2ccccc2Cl)CC1. The van der Waals surface area contributed by atoms with E-state index < -0.39 is 0 Å². The highest BCUT2D eigenvalue weighted by Gasteiger charge is 2.18. The van der Waals surface area contributed by atoms with Crippen LogP contribution >= 0.6 is 11.6 Å². The molecule has 2 heterocycles. The summed E-state index contributed by atoms with van der Waals surface area (Å²) in [6, 6.07) is 11.7. The van der Waals surface area contributed by atoms with E-state index in [0.29, 0.717) is 6.54 Å². The van der Waals surface area contributed by atoms with E-state index in [2.05, 4.69) is 26.2 Å². The van der Waals surface area contributed by atoms with Crippen LogP contribution in [0.1, 0.15) is 12.0 Å². The molecule has 5 nitrogen and oxygen atoms in total. The van der Waals surface area contributed by atoms with Crippen LogP contribution in [0.15, 0.2) is 54.9 Å². The molecule has 2 aromatic rings. The monoisotopic (exact) mass is 384 g/mol. The molecule has 0 spiro atoms. The number of benzene rings is 1. The fourth-order valence-corrected chi connectivity index (χ4v) is 3.40. The van der Waals surface area contributed by atoms with Crippen LogP contribution in [-0.4, -0.2) is 55.1 Å². The molecule has 0 aliphatic carbocycles. The average molecular weight is 385 g/mol. The number of hydrogen-bond acceptors (Lipinski definition) is 4. The van der Waals surface area contributed by atoms with Gasteiger partial charge in [-0.2, -0.15) is 0 Å². The van der Waals surface area contributed by atoms with Gasteiger partial charge >= 0.3 is 0 Å². The third-order valence-electron chi connectivity index (χ3n) is 4.65. The fraction of sp³-hybridized carbons (Fsp3) is 0.333. The highest BCUT2D eigenvalue weighted by molar-refractivity contribution is 6.33. The van der Waals surface area contributed by atoms with Crippen molar-refractivity contribution in [3.8, 4) is 0 Å². The fourth-order valence-electron chi connectivity index (χ4n) is 3.14. The summed E-state index contributed by atoms with van der Waals surface area (Å²) in [6.45, 7) is 5.66. The topological polar surface area (TPSA) is 48.5 Å². The van der Waals surface area contributed by atoms with Gasteiger partial charge in [-0.05, 0) is 48.9 Å². The van der Waals surface area contributed by atoms with E-state index in [-0.39, 0.29) is 5.91 Å². The van der Waals surface area contributed by atoms with Gasteiger partial charge in [-0.25, -0.2) is 0 Å². The number of nitrogens with one attached hydrogen (secondary N) is 1. The summed E-state index contributed by atoms with van der Waals surface area (Å²) < 4.78 is 0. The largest absolute Gasteiger partial charge is 0.368 e. The Bertz CT molecular complexity index is 758. The maximum Gasteiger partial charge on any atom is 0.243 e. The quantitative estimate of drug-likeness (QED) is 0.588. The number of anilines is 1. The number of aromatic nitrogens is 1. The number of para-hydroxylation sites is 1. The summed E-state index contributed by atoms with van der Waals surface area (Å²) in [5.41, 5.74) is 2.09. The van der Waals surface area contributed by atoms with Crippen molar-refractivity contribution in [3.63, 3.8) is 0 Å². The van der Waals surface area contributed by atoms with E-state index in [1.54, 1.807) is 24.5 Å². The minimum Gasteiger partial charge on any atom is -0.368 e. The molecule has 0 bridgehead atoms. The van der Waals surface area contributed by atoms with Crippen molar-refractivity contribution in [3.05, 3.63) is 65.5 Å². The van der Waals surface area contributed by atoms with Crippen LogP contribution in [0.4, 0.5) is 5.69 Å². The normalized spacial score (nSPS) is 15.2. The first-order valence-corrected chi connectivity index (χ1v) is 9.68. The average Bonchev–Trinajstić information content (AvgIpc) is 2.71. The summed E-state index contributed by atoms with van der Waals surface area (Å²) in [5.74, 6) is -0.0599. The molecule has 1 N–H and O–H groups in total. The van der Waals surface area contributed by atoms with Crippen molar-refractivity contribution in [1.29, 1.82) is 0 Å². The smallest absolute Gasteiger partial charge is 0.243 e. The molecule has 0 saturated carbocycles. The lowest BCUT2D eigenvalue weighted by molar-refractivity contribution is -0.116. The van der Waals surface area contributed by atoms with Gasteiger partial charge in [-0.15, -0.1) is 0 Å². The lowest BCUT2D eigenvalue weighted by Gasteiger charge is -2.36. The van der Waals surface area contributed by atoms with E-state index in [0.717, 1.165) is 55.4 Å². The Morgan fingerprint density at radius 3 is 2.59 bits per heavy atom. The molecule has 6 heteroatoms. The summed E-state index contributed by atoms with van der Waals surface area (Å²) in [6.07, 6.45) is 7.73. The van der Waals surface area contributed by atoms with Gasteiger partial charge in [0.25, 0.3) is 0 Å². The maximum absolute atomic E-state index is 11.9. The number of hydrogen-bond donors (Lipinski definition) is 1. The predicted octanol–water partition coefficient (Wildman–Crippen LogP) is 3.08. The molecule has 3 rings (SSSR count). The number of carbonyl (C=O) groups is 1.